The molecule has 0 atom stereocenters. The molecule has 0 saturated heterocycles. The van der Waals surface area contributed by atoms with Crippen molar-refractivity contribution >= 4 is 11.9 Å². The predicted octanol–water partition coefficient (Wildman–Crippen LogP) is 0.746. The van der Waals surface area contributed by atoms with Gasteiger partial charge in [0.25, 0.3) is 0 Å². The average Bonchev–Trinajstić information content (AvgIpc) is 2.07. The Morgan fingerprint density at radius 2 is 1.75 bits per heavy atom. The molecule has 0 heterocycles. The Morgan fingerprint density at radius 3 is 2.25 bits per heavy atom. The molecule has 0 unspecified atom stereocenters. The van der Waals surface area contributed by atoms with Crippen LogP contribution in [0.5, 0.6) is 0 Å². The normalized spacial score (nSPS) is 11.2. The minimum absolute atomic E-state index is 0.0123. The molecule has 0 aliphatic carbocycles. The predicted molar refractivity (Wildman–Crippen MR) is 62.3 cm³/mol. The fraction of sp³-hybridized carbons (Fsp3) is 0.818. The van der Waals surface area contributed by atoms with E-state index in [1.165, 1.54) is 0 Å². The molecule has 0 aromatic heterocycles. The van der Waals surface area contributed by atoms with Gasteiger partial charge in [-0.05, 0) is 33.7 Å². The monoisotopic (exact) mass is 230 g/mol. The topological polar surface area (TPSA) is 78.4 Å². The first-order valence-electron chi connectivity index (χ1n) is 5.55. The second-order valence-electron chi connectivity index (χ2n) is 4.80. The summed E-state index contributed by atoms with van der Waals surface area (Å²) >= 11 is 0. The fourth-order valence-electron chi connectivity index (χ4n) is 1.17. The van der Waals surface area contributed by atoms with Crippen LogP contribution in [0.4, 0.5) is 0 Å². The summed E-state index contributed by atoms with van der Waals surface area (Å²) in [6, 6.07) is 0. The maximum absolute atomic E-state index is 11.4. The van der Waals surface area contributed by atoms with Crippen molar-refractivity contribution in [1.29, 1.82) is 0 Å². The highest BCUT2D eigenvalue weighted by Gasteiger charge is 2.12. The van der Waals surface area contributed by atoms with E-state index in [4.69, 9.17) is 5.11 Å². The first-order valence-corrected chi connectivity index (χ1v) is 5.55. The molecule has 0 aliphatic heterocycles. The third-order valence-corrected chi connectivity index (χ3v) is 1.79. The van der Waals surface area contributed by atoms with Crippen molar-refractivity contribution in [3.63, 3.8) is 0 Å². The highest BCUT2D eigenvalue weighted by molar-refractivity contribution is 5.76. The molecule has 0 aromatic carbocycles. The van der Waals surface area contributed by atoms with Crippen LogP contribution < -0.4 is 10.6 Å². The number of carbonyl (C=O) groups is 2. The van der Waals surface area contributed by atoms with Gasteiger partial charge in [-0.15, -0.1) is 0 Å². The molecule has 5 nitrogen and oxygen atoms in total. The largest absolute Gasteiger partial charge is 0.481 e. The molecule has 0 saturated carbocycles. The van der Waals surface area contributed by atoms with Crippen molar-refractivity contribution in [2.24, 2.45) is 0 Å². The lowest BCUT2D eigenvalue weighted by Crippen LogP contribution is -2.41. The lowest BCUT2D eigenvalue weighted by Gasteiger charge is -2.20. The Bertz CT molecular complexity index is 234. The van der Waals surface area contributed by atoms with Crippen molar-refractivity contribution in [2.75, 3.05) is 13.1 Å². The lowest BCUT2D eigenvalue weighted by molar-refractivity contribution is -0.137. The molecule has 0 aromatic rings. The smallest absolute Gasteiger partial charge is 0.303 e. The molecule has 0 radical (unpaired) electrons. The molecule has 16 heavy (non-hydrogen) atoms. The molecule has 0 fully saturated rings. The van der Waals surface area contributed by atoms with E-state index < -0.39 is 5.97 Å². The van der Waals surface area contributed by atoms with Gasteiger partial charge in [0.15, 0.2) is 0 Å². The van der Waals surface area contributed by atoms with Crippen LogP contribution in [0.25, 0.3) is 0 Å². The number of hydrogen-bond acceptors (Lipinski definition) is 3. The zero-order valence-corrected chi connectivity index (χ0v) is 10.3. The maximum Gasteiger partial charge on any atom is 0.303 e. The van der Waals surface area contributed by atoms with Crippen LogP contribution in [0.2, 0.25) is 0 Å². The molecule has 5 heteroatoms. The minimum Gasteiger partial charge on any atom is -0.481 e. The van der Waals surface area contributed by atoms with E-state index in [0.29, 0.717) is 25.9 Å². The van der Waals surface area contributed by atoms with Gasteiger partial charge >= 0.3 is 5.97 Å². The second-order valence-corrected chi connectivity index (χ2v) is 4.80. The molecular formula is C11H22N2O3. The third kappa shape index (κ3) is 11.0. The Morgan fingerprint density at radius 1 is 1.12 bits per heavy atom. The quantitative estimate of drug-likeness (QED) is 0.564. The van der Waals surface area contributed by atoms with Crippen molar-refractivity contribution in [3.8, 4) is 0 Å². The summed E-state index contributed by atoms with van der Waals surface area (Å²) in [7, 11) is 0. The highest BCUT2D eigenvalue weighted by atomic mass is 16.4. The number of rotatable bonds is 7. The van der Waals surface area contributed by atoms with Gasteiger partial charge < -0.3 is 15.7 Å². The Hall–Kier alpha value is -1.10. The fourth-order valence-corrected chi connectivity index (χ4v) is 1.17. The number of carboxylic acids is 1. The summed E-state index contributed by atoms with van der Waals surface area (Å²) < 4.78 is 0. The minimum atomic E-state index is -0.785. The third-order valence-electron chi connectivity index (χ3n) is 1.79. The van der Waals surface area contributed by atoms with Crippen molar-refractivity contribution < 1.29 is 14.7 Å². The summed E-state index contributed by atoms with van der Waals surface area (Å²) in [5, 5.41) is 14.3. The highest BCUT2D eigenvalue weighted by Crippen LogP contribution is 1.98. The van der Waals surface area contributed by atoms with E-state index in [-0.39, 0.29) is 17.9 Å². The summed E-state index contributed by atoms with van der Waals surface area (Å²) in [6.07, 6.45) is 1.18. The van der Waals surface area contributed by atoms with Gasteiger partial charge in [0.2, 0.25) is 5.91 Å². The van der Waals surface area contributed by atoms with Crippen LogP contribution in [0.3, 0.4) is 0 Å². The number of aliphatic carboxylic acids is 1. The number of nitrogens with one attached hydrogen (secondary N) is 2. The van der Waals surface area contributed by atoms with E-state index in [2.05, 4.69) is 10.6 Å². The Balaban J connectivity index is 3.38. The zero-order valence-electron chi connectivity index (χ0n) is 10.3. The van der Waals surface area contributed by atoms with Gasteiger partial charge in [0.05, 0.1) is 0 Å². The van der Waals surface area contributed by atoms with Crippen LogP contribution in [0.1, 0.15) is 40.0 Å². The molecule has 3 N–H and O–H groups in total. The summed E-state index contributed by atoms with van der Waals surface area (Å²) in [5.74, 6) is -0.773. The second kappa shape index (κ2) is 7.22. The van der Waals surface area contributed by atoms with Gasteiger partial charge in [-0.1, -0.05) is 0 Å². The molecule has 0 spiro atoms. The number of carbonyl (C=O) groups excluding carboxylic acids is 1. The lowest BCUT2D eigenvalue weighted by atomic mass is 10.1. The van der Waals surface area contributed by atoms with Crippen molar-refractivity contribution in [2.45, 2.75) is 45.6 Å². The Kier molecular flexibility index (Phi) is 6.72. The van der Waals surface area contributed by atoms with E-state index in [9.17, 15) is 9.59 Å². The van der Waals surface area contributed by atoms with E-state index in [1.54, 1.807) is 0 Å². The molecule has 0 rings (SSSR count). The zero-order chi connectivity index (χ0) is 12.6. The average molecular weight is 230 g/mol. The molecule has 0 bridgehead atoms. The van der Waals surface area contributed by atoms with Gasteiger partial charge in [-0.2, -0.15) is 0 Å². The van der Waals surface area contributed by atoms with Crippen LogP contribution in [0.15, 0.2) is 0 Å². The van der Waals surface area contributed by atoms with Gasteiger partial charge in [-0.3, -0.25) is 9.59 Å². The van der Waals surface area contributed by atoms with Crippen molar-refractivity contribution in [3.05, 3.63) is 0 Å². The number of amides is 1. The maximum atomic E-state index is 11.4. The van der Waals surface area contributed by atoms with Gasteiger partial charge in [0.1, 0.15) is 0 Å². The van der Waals surface area contributed by atoms with Gasteiger partial charge in [-0.25, -0.2) is 0 Å². The molecule has 94 valence electrons. The van der Waals surface area contributed by atoms with E-state index in [0.717, 1.165) is 0 Å². The first kappa shape index (κ1) is 14.9. The van der Waals surface area contributed by atoms with Crippen molar-refractivity contribution in [1.82, 2.24) is 10.6 Å². The van der Waals surface area contributed by atoms with E-state index >= 15 is 0 Å². The summed E-state index contributed by atoms with van der Waals surface area (Å²) in [4.78, 5) is 21.6. The Labute approximate surface area is 96.6 Å². The SMILES string of the molecule is CC(C)(C)NC(=O)CCNCCCC(=O)O. The van der Waals surface area contributed by atoms with Crippen LogP contribution >= 0.6 is 0 Å². The molecule has 1 amide bonds. The first-order chi connectivity index (χ1) is 7.31. The molecule has 0 aliphatic rings. The van der Waals surface area contributed by atoms with Crippen LogP contribution in [0, 0.1) is 0 Å². The standard InChI is InChI=1S/C11H22N2O3/c1-11(2,3)13-9(14)6-8-12-7-4-5-10(15)16/h12H,4-8H2,1-3H3,(H,13,14)(H,15,16). The molecular weight excluding hydrogens is 208 g/mol. The number of hydrogen-bond donors (Lipinski definition) is 3. The summed E-state index contributed by atoms with van der Waals surface area (Å²) in [5.41, 5.74) is -0.194. The van der Waals surface area contributed by atoms with Crippen LogP contribution in [-0.2, 0) is 9.59 Å². The number of carboxylic acid groups (broad SMARTS) is 1. The van der Waals surface area contributed by atoms with Gasteiger partial charge in [0, 0.05) is 24.9 Å². The van der Waals surface area contributed by atoms with Crippen LogP contribution in [-0.4, -0.2) is 35.6 Å². The van der Waals surface area contributed by atoms with E-state index in [1.807, 2.05) is 20.8 Å². The summed E-state index contributed by atoms with van der Waals surface area (Å²) in [6.45, 7) is 7.03.